The summed E-state index contributed by atoms with van der Waals surface area (Å²) in [5.74, 6) is 2.52. The smallest absolute Gasteiger partial charge is 0.243 e. The summed E-state index contributed by atoms with van der Waals surface area (Å²) in [6.07, 6.45) is 10.7. The van der Waals surface area contributed by atoms with Crippen LogP contribution in [0.3, 0.4) is 0 Å². The van der Waals surface area contributed by atoms with E-state index in [1.54, 1.807) is 6.20 Å². The molecule has 144 valence electrons. The highest BCUT2D eigenvalue weighted by Gasteiger charge is 2.56. The average Bonchev–Trinajstić information content (AvgIpc) is 3.15. The molecule has 4 bridgehead atoms. The summed E-state index contributed by atoms with van der Waals surface area (Å²) in [6, 6.07) is 5.41. The number of likely N-dealkylation sites (tertiary alicyclic amines) is 1. The first-order valence-electron chi connectivity index (χ1n) is 10.6. The number of hydrogen-bond donors (Lipinski definition) is 1. The van der Waals surface area contributed by atoms with Gasteiger partial charge in [-0.25, -0.2) is 0 Å². The Morgan fingerprint density at radius 3 is 2.44 bits per heavy atom. The molecule has 27 heavy (non-hydrogen) atoms. The SMILES string of the molecule is O=C(NCc1ccccn1)C1CCCN1C(=O)C12CC3CC(CC(C3)C1)C2. The van der Waals surface area contributed by atoms with Crippen LogP contribution in [0.25, 0.3) is 0 Å². The van der Waals surface area contributed by atoms with Crippen molar-refractivity contribution in [1.29, 1.82) is 0 Å². The maximum absolute atomic E-state index is 13.6. The molecule has 0 spiro atoms. The molecule has 1 aromatic rings. The zero-order chi connectivity index (χ0) is 18.4. The number of rotatable bonds is 4. The van der Waals surface area contributed by atoms with Gasteiger partial charge in [-0.2, -0.15) is 0 Å². The van der Waals surface area contributed by atoms with E-state index in [-0.39, 0.29) is 23.3 Å². The van der Waals surface area contributed by atoms with Crippen LogP contribution < -0.4 is 5.32 Å². The lowest BCUT2D eigenvalue weighted by atomic mass is 9.49. The minimum Gasteiger partial charge on any atom is -0.349 e. The van der Waals surface area contributed by atoms with Crippen LogP contribution in [-0.2, 0) is 16.1 Å². The second-order valence-corrected chi connectivity index (χ2v) is 9.39. The number of pyridine rings is 1. The zero-order valence-corrected chi connectivity index (χ0v) is 15.9. The summed E-state index contributed by atoms with van der Waals surface area (Å²) in [5.41, 5.74) is 0.696. The highest BCUT2D eigenvalue weighted by Crippen LogP contribution is 2.60. The second-order valence-electron chi connectivity index (χ2n) is 9.39. The van der Waals surface area contributed by atoms with Gasteiger partial charge < -0.3 is 10.2 Å². The number of nitrogens with zero attached hydrogens (tertiary/aromatic N) is 2. The molecule has 1 saturated heterocycles. The minimum atomic E-state index is -0.297. The molecule has 4 aliphatic carbocycles. The highest BCUT2D eigenvalue weighted by molar-refractivity contribution is 5.91. The topological polar surface area (TPSA) is 62.3 Å². The Balaban J connectivity index is 1.28. The van der Waals surface area contributed by atoms with Crippen molar-refractivity contribution < 1.29 is 9.59 Å². The predicted molar refractivity (Wildman–Crippen MR) is 101 cm³/mol. The van der Waals surface area contributed by atoms with Crippen LogP contribution in [0.15, 0.2) is 24.4 Å². The lowest BCUT2D eigenvalue weighted by molar-refractivity contribution is -0.160. The van der Waals surface area contributed by atoms with Gasteiger partial charge >= 0.3 is 0 Å². The van der Waals surface area contributed by atoms with Gasteiger partial charge in [-0.3, -0.25) is 14.6 Å². The van der Waals surface area contributed by atoms with Crippen molar-refractivity contribution in [3.63, 3.8) is 0 Å². The third-order valence-corrected chi connectivity index (χ3v) is 7.48. The maximum Gasteiger partial charge on any atom is 0.243 e. The van der Waals surface area contributed by atoms with E-state index >= 15 is 0 Å². The number of aromatic nitrogens is 1. The van der Waals surface area contributed by atoms with Crippen molar-refractivity contribution in [3.05, 3.63) is 30.1 Å². The monoisotopic (exact) mass is 367 g/mol. The molecule has 2 heterocycles. The Hall–Kier alpha value is -1.91. The minimum absolute atomic E-state index is 0.0174. The van der Waals surface area contributed by atoms with E-state index in [2.05, 4.69) is 10.3 Å². The molecule has 1 N–H and O–H groups in total. The quantitative estimate of drug-likeness (QED) is 0.890. The Kier molecular flexibility index (Phi) is 4.21. The molecule has 1 atom stereocenters. The Morgan fingerprint density at radius 2 is 1.81 bits per heavy atom. The predicted octanol–water partition coefficient (Wildman–Crippen LogP) is 2.91. The largest absolute Gasteiger partial charge is 0.349 e. The first kappa shape index (κ1) is 17.2. The van der Waals surface area contributed by atoms with Crippen LogP contribution in [0.5, 0.6) is 0 Å². The molecule has 0 radical (unpaired) electrons. The molecular formula is C22H29N3O2. The third-order valence-electron chi connectivity index (χ3n) is 7.48. The fourth-order valence-electron chi connectivity index (χ4n) is 6.76. The third kappa shape index (κ3) is 3.05. The lowest BCUT2D eigenvalue weighted by Crippen LogP contribution is -2.57. The van der Waals surface area contributed by atoms with E-state index in [4.69, 9.17) is 0 Å². The summed E-state index contributed by atoms with van der Waals surface area (Å²) >= 11 is 0. The Bertz CT molecular complexity index is 697. The molecule has 5 nitrogen and oxygen atoms in total. The molecule has 4 saturated carbocycles. The number of amides is 2. The van der Waals surface area contributed by atoms with E-state index in [1.165, 1.54) is 19.3 Å². The number of nitrogens with one attached hydrogen (secondary N) is 1. The zero-order valence-electron chi connectivity index (χ0n) is 15.9. The van der Waals surface area contributed by atoms with Crippen LogP contribution in [-0.4, -0.2) is 34.3 Å². The van der Waals surface area contributed by atoms with Crippen molar-refractivity contribution in [2.45, 2.75) is 64.0 Å². The number of carbonyl (C=O) groups is 2. The van der Waals surface area contributed by atoms with Crippen molar-refractivity contribution in [2.75, 3.05) is 6.54 Å². The first-order valence-corrected chi connectivity index (χ1v) is 10.6. The molecule has 1 aliphatic heterocycles. The molecule has 0 aromatic carbocycles. The van der Waals surface area contributed by atoms with Gasteiger partial charge in [0.25, 0.3) is 0 Å². The van der Waals surface area contributed by atoms with Gasteiger partial charge in [-0.1, -0.05) is 6.07 Å². The fraction of sp³-hybridized carbons (Fsp3) is 0.682. The van der Waals surface area contributed by atoms with Crippen molar-refractivity contribution in [2.24, 2.45) is 23.2 Å². The van der Waals surface area contributed by atoms with Gasteiger partial charge in [-0.15, -0.1) is 0 Å². The van der Waals surface area contributed by atoms with Crippen LogP contribution in [0.2, 0.25) is 0 Å². The lowest BCUT2D eigenvalue weighted by Gasteiger charge is -2.56. The van der Waals surface area contributed by atoms with Crippen LogP contribution >= 0.6 is 0 Å². The van der Waals surface area contributed by atoms with Crippen molar-refractivity contribution >= 4 is 11.8 Å². The molecule has 1 unspecified atom stereocenters. The molecule has 1 aromatic heterocycles. The summed E-state index contributed by atoms with van der Waals surface area (Å²) in [6.45, 7) is 1.16. The van der Waals surface area contributed by atoms with E-state index in [1.807, 2.05) is 23.1 Å². The first-order chi connectivity index (χ1) is 13.1. The van der Waals surface area contributed by atoms with Gasteiger partial charge in [0.05, 0.1) is 17.7 Å². The average molecular weight is 367 g/mol. The standard InChI is InChI=1S/C22H29N3O2/c26-20(24-14-18-4-1-2-6-23-18)19-5-3-7-25(19)21(27)22-11-15-8-16(12-22)10-17(9-15)13-22/h1-2,4,6,15-17,19H,3,5,7-14H2,(H,24,26). The van der Waals surface area contributed by atoms with E-state index in [0.29, 0.717) is 6.54 Å². The maximum atomic E-state index is 13.6. The molecule has 5 fully saturated rings. The normalized spacial score (nSPS) is 36.8. The fourth-order valence-corrected chi connectivity index (χ4v) is 6.76. The van der Waals surface area contributed by atoms with Crippen molar-refractivity contribution in [3.8, 4) is 0 Å². The van der Waals surface area contributed by atoms with Gasteiger partial charge in [0.1, 0.15) is 6.04 Å². The van der Waals surface area contributed by atoms with Gasteiger partial charge in [0, 0.05) is 12.7 Å². The molecular weight excluding hydrogens is 338 g/mol. The molecule has 2 amide bonds. The molecule has 5 aliphatic rings. The molecule has 5 heteroatoms. The van der Waals surface area contributed by atoms with Crippen LogP contribution in [0.1, 0.15) is 57.1 Å². The van der Waals surface area contributed by atoms with Crippen LogP contribution in [0, 0.1) is 23.2 Å². The van der Waals surface area contributed by atoms with E-state index in [9.17, 15) is 9.59 Å². The van der Waals surface area contributed by atoms with Gasteiger partial charge in [0.15, 0.2) is 0 Å². The Labute approximate surface area is 160 Å². The summed E-state index contributed by atoms with van der Waals surface area (Å²) in [7, 11) is 0. The highest BCUT2D eigenvalue weighted by atomic mass is 16.2. The second kappa shape index (κ2) is 6.61. The Morgan fingerprint density at radius 1 is 1.11 bits per heavy atom. The van der Waals surface area contributed by atoms with Gasteiger partial charge in [-0.05, 0) is 81.3 Å². The van der Waals surface area contributed by atoms with Crippen LogP contribution in [0.4, 0.5) is 0 Å². The number of hydrogen-bond acceptors (Lipinski definition) is 3. The van der Waals surface area contributed by atoms with E-state index in [0.717, 1.165) is 62.1 Å². The van der Waals surface area contributed by atoms with E-state index < -0.39 is 0 Å². The van der Waals surface area contributed by atoms with Crippen molar-refractivity contribution in [1.82, 2.24) is 15.2 Å². The summed E-state index contributed by atoms with van der Waals surface area (Å²) < 4.78 is 0. The van der Waals surface area contributed by atoms with Gasteiger partial charge in [0.2, 0.25) is 11.8 Å². The summed E-state index contributed by atoms with van der Waals surface area (Å²) in [5, 5.41) is 3.00. The summed E-state index contributed by atoms with van der Waals surface area (Å²) in [4.78, 5) is 32.6. The number of carbonyl (C=O) groups excluding carboxylic acids is 2. The molecule has 6 rings (SSSR count).